The molecule has 1 aromatic rings. The molecule has 0 fully saturated rings. The topological polar surface area (TPSA) is 29.3 Å². The molecule has 1 aromatic carbocycles. The van der Waals surface area contributed by atoms with Gasteiger partial charge >= 0.3 is 0 Å². The van der Waals surface area contributed by atoms with Crippen molar-refractivity contribution in [3.05, 3.63) is 35.4 Å². The Kier molecular flexibility index (Phi) is 4.97. The second-order valence-electron chi connectivity index (χ2n) is 4.95. The molecule has 1 unspecified atom stereocenters. The zero-order chi connectivity index (χ0) is 12.1. The Morgan fingerprint density at radius 1 is 1.31 bits per heavy atom. The first-order valence-electron chi connectivity index (χ1n) is 6.00. The normalized spacial score (nSPS) is 13.4. The molecule has 2 nitrogen and oxygen atoms in total. The predicted octanol–water partition coefficient (Wildman–Crippen LogP) is 2.41. The van der Waals surface area contributed by atoms with Crippen LogP contribution in [0.1, 0.15) is 25.0 Å². The fraction of sp³-hybridized carbons (Fsp3) is 0.571. The zero-order valence-corrected chi connectivity index (χ0v) is 10.9. The Hall–Kier alpha value is -0.860. The number of hydrogen-bond acceptors (Lipinski definition) is 2. The molecule has 0 bridgehead atoms. The van der Waals surface area contributed by atoms with Gasteiger partial charge in [0.25, 0.3) is 0 Å². The Morgan fingerprint density at radius 2 is 2.00 bits per heavy atom. The summed E-state index contributed by atoms with van der Waals surface area (Å²) < 4.78 is 0. The molecular weight excluding hydrogens is 196 g/mol. The second kappa shape index (κ2) is 6.02. The van der Waals surface area contributed by atoms with Gasteiger partial charge in [-0.25, -0.2) is 0 Å². The molecule has 0 spiro atoms. The summed E-state index contributed by atoms with van der Waals surface area (Å²) in [6, 6.07) is 9.12. The summed E-state index contributed by atoms with van der Waals surface area (Å²) in [5.41, 5.74) is 8.50. The third-order valence-corrected chi connectivity index (χ3v) is 3.09. The molecule has 0 saturated carbocycles. The highest BCUT2D eigenvalue weighted by molar-refractivity contribution is 5.22. The summed E-state index contributed by atoms with van der Waals surface area (Å²) in [7, 11) is 2.15. The van der Waals surface area contributed by atoms with E-state index in [2.05, 4.69) is 57.0 Å². The summed E-state index contributed by atoms with van der Waals surface area (Å²) in [6.45, 7) is 8.28. The van der Waals surface area contributed by atoms with Gasteiger partial charge in [-0.05, 0) is 25.5 Å². The Balaban J connectivity index is 2.66. The molecule has 16 heavy (non-hydrogen) atoms. The van der Waals surface area contributed by atoms with Crippen molar-refractivity contribution in [3.63, 3.8) is 0 Å². The van der Waals surface area contributed by atoms with Crippen molar-refractivity contribution in [1.82, 2.24) is 4.90 Å². The maximum absolute atomic E-state index is 5.82. The Morgan fingerprint density at radius 3 is 2.50 bits per heavy atom. The van der Waals surface area contributed by atoms with Crippen LogP contribution in [0, 0.1) is 12.8 Å². The van der Waals surface area contributed by atoms with Gasteiger partial charge in [-0.2, -0.15) is 0 Å². The third kappa shape index (κ3) is 3.62. The maximum Gasteiger partial charge on any atom is 0.0241 e. The molecule has 2 N–H and O–H groups in total. The molecule has 0 heterocycles. The first-order chi connectivity index (χ1) is 7.54. The van der Waals surface area contributed by atoms with Crippen LogP contribution in [0.3, 0.4) is 0 Å². The van der Waals surface area contributed by atoms with Gasteiger partial charge in [-0.15, -0.1) is 0 Å². The first kappa shape index (κ1) is 13.2. The summed E-state index contributed by atoms with van der Waals surface area (Å²) >= 11 is 0. The van der Waals surface area contributed by atoms with Gasteiger partial charge in [0.1, 0.15) is 0 Å². The van der Waals surface area contributed by atoms with Crippen LogP contribution < -0.4 is 5.73 Å². The molecule has 0 aliphatic carbocycles. The molecule has 0 radical (unpaired) electrons. The zero-order valence-electron chi connectivity index (χ0n) is 10.9. The van der Waals surface area contributed by atoms with E-state index in [-0.39, 0.29) is 0 Å². The number of hydrogen-bond donors (Lipinski definition) is 1. The summed E-state index contributed by atoms with van der Waals surface area (Å²) in [5.74, 6) is 0.597. The molecule has 90 valence electrons. The van der Waals surface area contributed by atoms with E-state index < -0.39 is 0 Å². The van der Waals surface area contributed by atoms with E-state index in [9.17, 15) is 0 Å². The van der Waals surface area contributed by atoms with Crippen LogP contribution in [-0.4, -0.2) is 24.5 Å². The monoisotopic (exact) mass is 220 g/mol. The number of nitrogens with zero attached hydrogens (tertiary/aromatic N) is 1. The van der Waals surface area contributed by atoms with Crippen molar-refractivity contribution in [2.75, 3.05) is 13.6 Å². The van der Waals surface area contributed by atoms with Crippen molar-refractivity contribution in [2.45, 2.75) is 33.4 Å². The molecule has 0 aliphatic heterocycles. The van der Waals surface area contributed by atoms with Gasteiger partial charge < -0.3 is 5.73 Å². The van der Waals surface area contributed by atoms with Crippen molar-refractivity contribution < 1.29 is 0 Å². The minimum Gasteiger partial charge on any atom is -0.329 e. The number of aryl methyl sites for hydroxylation is 1. The van der Waals surface area contributed by atoms with E-state index in [0.717, 1.165) is 13.1 Å². The molecule has 2 heteroatoms. The van der Waals surface area contributed by atoms with Crippen LogP contribution in [0.2, 0.25) is 0 Å². The molecule has 0 amide bonds. The molecular formula is C14H24N2. The third-order valence-electron chi connectivity index (χ3n) is 3.09. The number of likely N-dealkylation sites (N-methyl/N-ethyl adjacent to an activating group) is 1. The van der Waals surface area contributed by atoms with Crippen molar-refractivity contribution in [1.29, 1.82) is 0 Å². The summed E-state index contributed by atoms with van der Waals surface area (Å²) in [6.07, 6.45) is 0. The fourth-order valence-corrected chi connectivity index (χ4v) is 2.18. The lowest BCUT2D eigenvalue weighted by Crippen LogP contribution is -2.41. The van der Waals surface area contributed by atoms with Crippen LogP contribution >= 0.6 is 0 Å². The predicted molar refractivity (Wildman–Crippen MR) is 70.3 cm³/mol. The van der Waals surface area contributed by atoms with Crippen LogP contribution in [0.15, 0.2) is 24.3 Å². The fourth-order valence-electron chi connectivity index (χ4n) is 2.18. The number of nitrogens with two attached hydrogens (primary N) is 1. The molecule has 1 atom stereocenters. The van der Waals surface area contributed by atoms with E-state index in [1.54, 1.807) is 0 Å². The van der Waals surface area contributed by atoms with Crippen molar-refractivity contribution in [3.8, 4) is 0 Å². The highest BCUT2D eigenvalue weighted by atomic mass is 15.1. The minimum absolute atomic E-state index is 0.459. The van der Waals surface area contributed by atoms with Crippen LogP contribution in [0.4, 0.5) is 0 Å². The van der Waals surface area contributed by atoms with Gasteiger partial charge in [0.2, 0.25) is 0 Å². The minimum atomic E-state index is 0.459. The van der Waals surface area contributed by atoms with E-state index in [0.29, 0.717) is 12.0 Å². The first-order valence-corrected chi connectivity index (χ1v) is 6.00. The van der Waals surface area contributed by atoms with Crippen molar-refractivity contribution in [2.24, 2.45) is 11.7 Å². The number of rotatable bonds is 5. The lowest BCUT2D eigenvalue weighted by atomic mass is 10.0. The quantitative estimate of drug-likeness (QED) is 0.825. The maximum atomic E-state index is 5.82. The Bertz CT molecular complexity index is 320. The van der Waals surface area contributed by atoms with Crippen LogP contribution in [-0.2, 0) is 6.54 Å². The molecule has 0 aliphatic rings. The molecule has 0 saturated heterocycles. The smallest absolute Gasteiger partial charge is 0.0241 e. The average Bonchev–Trinajstić information content (AvgIpc) is 2.17. The van der Waals surface area contributed by atoms with E-state index >= 15 is 0 Å². The summed E-state index contributed by atoms with van der Waals surface area (Å²) in [4.78, 5) is 2.35. The van der Waals surface area contributed by atoms with Gasteiger partial charge in [-0.3, -0.25) is 4.90 Å². The second-order valence-corrected chi connectivity index (χ2v) is 4.95. The number of benzene rings is 1. The lowest BCUT2D eigenvalue weighted by Gasteiger charge is -2.30. The van der Waals surface area contributed by atoms with Crippen molar-refractivity contribution >= 4 is 0 Å². The van der Waals surface area contributed by atoms with Gasteiger partial charge in [0.05, 0.1) is 0 Å². The summed E-state index contributed by atoms with van der Waals surface area (Å²) in [5, 5.41) is 0. The van der Waals surface area contributed by atoms with Gasteiger partial charge in [0.15, 0.2) is 0 Å². The SMILES string of the molecule is Cc1cccc(CN(C)C(CN)C(C)C)c1. The highest BCUT2D eigenvalue weighted by Crippen LogP contribution is 2.12. The molecule has 0 aromatic heterocycles. The van der Waals surface area contributed by atoms with E-state index in [1.807, 2.05) is 0 Å². The highest BCUT2D eigenvalue weighted by Gasteiger charge is 2.16. The van der Waals surface area contributed by atoms with E-state index in [4.69, 9.17) is 5.73 Å². The average molecular weight is 220 g/mol. The Labute approximate surface area is 99.5 Å². The van der Waals surface area contributed by atoms with Gasteiger partial charge in [-0.1, -0.05) is 43.7 Å². The van der Waals surface area contributed by atoms with Gasteiger partial charge in [0, 0.05) is 19.1 Å². The largest absolute Gasteiger partial charge is 0.329 e. The molecule has 1 rings (SSSR count). The lowest BCUT2D eigenvalue weighted by molar-refractivity contribution is 0.190. The van der Waals surface area contributed by atoms with Crippen LogP contribution in [0.25, 0.3) is 0 Å². The standard InChI is InChI=1S/C14H24N2/c1-11(2)14(9-15)16(4)10-13-7-5-6-12(3)8-13/h5-8,11,14H,9-10,15H2,1-4H3. The van der Waals surface area contributed by atoms with E-state index in [1.165, 1.54) is 11.1 Å². The van der Waals surface area contributed by atoms with Crippen LogP contribution in [0.5, 0.6) is 0 Å².